The van der Waals surface area contributed by atoms with E-state index in [1.807, 2.05) is 0 Å². The van der Waals surface area contributed by atoms with E-state index in [2.05, 4.69) is 0 Å². The minimum atomic E-state index is -1.30. The molecular weight excluding hydrogens is 366 g/mol. The van der Waals surface area contributed by atoms with Crippen molar-refractivity contribution < 1.29 is 29.3 Å². The molecule has 1 heterocycles. The molecule has 1 atom stereocenters. The summed E-state index contributed by atoms with van der Waals surface area (Å²) in [6.45, 7) is 0. The molecule has 9 heteroatoms. The SMILES string of the molecule is COc1ccc(/C=C2\SC(=S)N([C@H](CCC(=O)O)C(=O)O)C2=O)cc1. The van der Waals surface area contributed by atoms with Crippen LogP contribution in [0.4, 0.5) is 0 Å². The average Bonchev–Trinajstić information content (AvgIpc) is 2.83. The molecule has 0 spiro atoms. The summed E-state index contributed by atoms with van der Waals surface area (Å²) in [7, 11) is 1.54. The Balaban J connectivity index is 2.23. The number of thiocarbonyl (C=S) groups is 1. The number of hydrogen-bond donors (Lipinski definition) is 2. The standard InChI is InChI=1S/C16H15NO6S2/c1-23-10-4-2-9(3-5-10)8-12-14(20)17(16(24)25-12)11(15(21)22)6-7-13(18)19/h2-5,8,11H,6-7H2,1H3,(H,18,19)(H,21,22)/b12-8-/t11-/m1/s1. The fourth-order valence-electron chi connectivity index (χ4n) is 2.22. The lowest BCUT2D eigenvalue weighted by Crippen LogP contribution is -2.44. The van der Waals surface area contributed by atoms with Crippen molar-refractivity contribution >= 4 is 52.2 Å². The van der Waals surface area contributed by atoms with Gasteiger partial charge in [-0.25, -0.2) is 4.79 Å². The van der Waals surface area contributed by atoms with Crippen LogP contribution in [0.15, 0.2) is 29.2 Å². The first-order valence-corrected chi connectivity index (χ1v) is 8.41. The number of carboxylic acid groups (broad SMARTS) is 2. The molecule has 132 valence electrons. The molecule has 0 bridgehead atoms. The molecule has 0 aliphatic carbocycles. The zero-order valence-corrected chi connectivity index (χ0v) is 14.8. The summed E-state index contributed by atoms with van der Waals surface area (Å²) in [5.41, 5.74) is 0.735. The lowest BCUT2D eigenvalue weighted by molar-refractivity contribution is -0.146. The molecule has 2 N–H and O–H groups in total. The van der Waals surface area contributed by atoms with Crippen molar-refractivity contribution in [2.75, 3.05) is 7.11 Å². The minimum Gasteiger partial charge on any atom is -0.497 e. The van der Waals surface area contributed by atoms with Crippen molar-refractivity contribution in [2.45, 2.75) is 18.9 Å². The molecule has 2 rings (SSSR count). The van der Waals surface area contributed by atoms with Crippen molar-refractivity contribution in [2.24, 2.45) is 0 Å². The number of nitrogens with zero attached hydrogens (tertiary/aromatic N) is 1. The van der Waals surface area contributed by atoms with Crippen LogP contribution >= 0.6 is 24.0 Å². The lowest BCUT2D eigenvalue weighted by Gasteiger charge is -2.22. The molecule has 25 heavy (non-hydrogen) atoms. The van der Waals surface area contributed by atoms with Crippen LogP contribution < -0.4 is 4.74 Å². The van der Waals surface area contributed by atoms with Gasteiger partial charge in [0.05, 0.1) is 12.0 Å². The molecule has 7 nitrogen and oxygen atoms in total. The Morgan fingerprint density at radius 2 is 1.96 bits per heavy atom. The first-order valence-electron chi connectivity index (χ1n) is 7.19. The molecule has 1 fully saturated rings. The molecule has 1 amide bonds. The lowest BCUT2D eigenvalue weighted by atomic mass is 10.1. The van der Waals surface area contributed by atoms with Crippen LogP contribution in [0, 0.1) is 0 Å². The number of carbonyl (C=O) groups excluding carboxylic acids is 1. The Kier molecular flexibility index (Phi) is 6.16. The second-order valence-corrected chi connectivity index (χ2v) is 6.79. The van der Waals surface area contributed by atoms with Crippen LogP contribution in [-0.2, 0) is 14.4 Å². The molecule has 1 aromatic carbocycles. The number of amides is 1. The third-order valence-corrected chi connectivity index (χ3v) is 4.80. The van der Waals surface area contributed by atoms with E-state index in [0.29, 0.717) is 5.75 Å². The van der Waals surface area contributed by atoms with Gasteiger partial charge in [-0.3, -0.25) is 14.5 Å². The summed E-state index contributed by atoms with van der Waals surface area (Å²) >= 11 is 6.12. The number of carboxylic acids is 2. The highest BCUT2D eigenvalue weighted by Crippen LogP contribution is 2.35. The van der Waals surface area contributed by atoms with Crippen LogP contribution in [0.3, 0.4) is 0 Å². The van der Waals surface area contributed by atoms with Crippen LogP contribution in [0.5, 0.6) is 5.75 Å². The fourth-order valence-corrected chi connectivity index (χ4v) is 3.58. The van der Waals surface area contributed by atoms with Crippen LogP contribution in [-0.4, -0.2) is 50.4 Å². The molecule has 0 aromatic heterocycles. The van der Waals surface area contributed by atoms with Gasteiger partial charge in [0, 0.05) is 6.42 Å². The van der Waals surface area contributed by atoms with Gasteiger partial charge in [0.25, 0.3) is 5.91 Å². The van der Waals surface area contributed by atoms with Gasteiger partial charge >= 0.3 is 11.9 Å². The quantitative estimate of drug-likeness (QED) is 0.547. The van der Waals surface area contributed by atoms with Crippen molar-refractivity contribution in [3.63, 3.8) is 0 Å². The highest BCUT2D eigenvalue weighted by Gasteiger charge is 2.40. The summed E-state index contributed by atoms with van der Waals surface area (Å²) in [5.74, 6) is -2.29. The number of aliphatic carboxylic acids is 2. The molecule has 1 aromatic rings. The maximum atomic E-state index is 12.5. The van der Waals surface area contributed by atoms with E-state index in [4.69, 9.17) is 22.1 Å². The largest absolute Gasteiger partial charge is 0.497 e. The van der Waals surface area contributed by atoms with Gasteiger partial charge in [-0.2, -0.15) is 0 Å². The molecule has 0 saturated carbocycles. The molecule has 1 aliphatic rings. The fraction of sp³-hybridized carbons (Fsp3) is 0.250. The van der Waals surface area contributed by atoms with Gasteiger partial charge in [0.2, 0.25) is 0 Å². The summed E-state index contributed by atoms with van der Waals surface area (Å²) in [6.07, 6.45) is 1.02. The van der Waals surface area contributed by atoms with Gasteiger partial charge in [0.1, 0.15) is 16.1 Å². The smallest absolute Gasteiger partial charge is 0.326 e. The average molecular weight is 381 g/mol. The van der Waals surface area contributed by atoms with E-state index in [0.717, 1.165) is 22.2 Å². The number of methoxy groups -OCH3 is 1. The second kappa shape index (κ2) is 8.13. The van der Waals surface area contributed by atoms with E-state index >= 15 is 0 Å². The molecule has 0 radical (unpaired) electrons. The van der Waals surface area contributed by atoms with Crippen LogP contribution in [0.2, 0.25) is 0 Å². The highest BCUT2D eigenvalue weighted by molar-refractivity contribution is 8.26. The van der Waals surface area contributed by atoms with Gasteiger partial charge in [-0.1, -0.05) is 36.1 Å². The first-order chi connectivity index (χ1) is 11.8. The van der Waals surface area contributed by atoms with E-state index in [9.17, 15) is 19.5 Å². The Morgan fingerprint density at radius 3 is 2.48 bits per heavy atom. The number of carbonyl (C=O) groups is 3. The van der Waals surface area contributed by atoms with Crippen molar-refractivity contribution in [3.8, 4) is 5.75 Å². The Labute approximate surface area is 153 Å². The third-order valence-electron chi connectivity index (χ3n) is 3.47. The van der Waals surface area contributed by atoms with Gasteiger partial charge < -0.3 is 14.9 Å². The van der Waals surface area contributed by atoms with E-state index in [1.54, 1.807) is 37.5 Å². The Bertz CT molecular complexity index is 743. The second-order valence-electron chi connectivity index (χ2n) is 5.11. The molecule has 1 saturated heterocycles. The molecular formula is C16H15NO6S2. The van der Waals surface area contributed by atoms with Gasteiger partial charge in [-0.15, -0.1) is 0 Å². The normalized spacial score (nSPS) is 17.0. The summed E-state index contributed by atoms with van der Waals surface area (Å²) < 4.78 is 5.16. The number of rotatable bonds is 7. The van der Waals surface area contributed by atoms with Gasteiger partial charge in [-0.05, 0) is 30.2 Å². The number of benzene rings is 1. The van der Waals surface area contributed by atoms with E-state index in [-0.39, 0.29) is 22.1 Å². The highest BCUT2D eigenvalue weighted by atomic mass is 32.2. The first kappa shape index (κ1) is 18.9. The third kappa shape index (κ3) is 4.58. The number of ether oxygens (including phenoxy) is 1. The van der Waals surface area contributed by atoms with Crippen molar-refractivity contribution in [1.82, 2.24) is 4.90 Å². The summed E-state index contributed by atoms with van der Waals surface area (Å²) in [5, 5.41) is 18.1. The number of thioether (sulfide) groups is 1. The van der Waals surface area contributed by atoms with E-state index < -0.39 is 23.9 Å². The molecule has 0 unspecified atom stereocenters. The minimum absolute atomic E-state index is 0.0996. The maximum absolute atomic E-state index is 12.5. The Hall–Kier alpha value is -2.39. The maximum Gasteiger partial charge on any atom is 0.326 e. The predicted molar refractivity (Wildman–Crippen MR) is 96.3 cm³/mol. The van der Waals surface area contributed by atoms with Crippen LogP contribution in [0.25, 0.3) is 6.08 Å². The van der Waals surface area contributed by atoms with E-state index in [1.165, 1.54) is 0 Å². The van der Waals surface area contributed by atoms with Crippen molar-refractivity contribution in [3.05, 3.63) is 34.7 Å². The number of hydrogen-bond acceptors (Lipinski definition) is 6. The zero-order valence-electron chi connectivity index (χ0n) is 13.2. The summed E-state index contributed by atoms with van der Waals surface area (Å²) in [6, 6.07) is 5.68. The Morgan fingerprint density at radius 1 is 1.32 bits per heavy atom. The van der Waals surface area contributed by atoms with Crippen molar-refractivity contribution in [1.29, 1.82) is 0 Å². The summed E-state index contributed by atoms with van der Waals surface area (Å²) in [4.78, 5) is 36.0. The van der Waals surface area contributed by atoms with Crippen LogP contribution in [0.1, 0.15) is 18.4 Å². The van der Waals surface area contributed by atoms with Gasteiger partial charge in [0.15, 0.2) is 0 Å². The topological polar surface area (TPSA) is 104 Å². The monoisotopic (exact) mass is 381 g/mol. The zero-order chi connectivity index (χ0) is 18.6. The molecule has 1 aliphatic heterocycles. The predicted octanol–water partition coefficient (Wildman–Crippen LogP) is 2.21.